The summed E-state index contributed by atoms with van der Waals surface area (Å²) in [6.07, 6.45) is -1.17. The average molecular weight is 126 g/mol. The number of hydrogen-bond donors (Lipinski definition) is 2. The van der Waals surface area contributed by atoms with Gasteiger partial charge in [0.2, 0.25) is 0 Å². The van der Waals surface area contributed by atoms with E-state index < -0.39 is 6.29 Å². The predicted molar refractivity (Wildman–Crippen MR) is 13.9 cm³/mol. The molecule has 2 N–H and O–H groups in total. The van der Waals surface area contributed by atoms with Crippen molar-refractivity contribution in [3.8, 4) is 0 Å². The summed E-state index contributed by atoms with van der Waals surface area (Å²) in [5.41, 5.74) is 0. The van der Waals surface area contributed by atoms with Crippen LogP contribution in [0.4, 0.5) is 0 Å². The molecule has 0 aromatic rings. The summed E-state index contributed by atoms with van der Waals surface area (Å²) in [7, 11) is 0. The molecule has 2 nitrogen and oxygen atoms in total. The minimum atomic E-state index is -1.17. The summed E-state index contributed by atoms with van der Waals surface area (Å²) >= 11 is 0. The van der Waals surface area contributed by atoms with Gasteiger partial charge >= 0.3 is 17.1 Å². The second-order valence-electron chi connectivity index (χ2n) is 0.632. The molecule has 0 aromatic carbocycles. The van der Waals surface area contributed by atoms with Crippen LogP contribution in [0.5, 0.6) is 0 Å². The molecule has 1 radical (unpaired) electrons. The van der Waals surface area contributed by atoms with E-state index in [9.17, 15) is 0 Å². The van der Waals surface area contributed by atoms with Crippen LogP contribution in [0.25, 0.3) is 0 Å². The molecule has 35 valence electrons. The van der Waals surface area contributed by atoms with Crippen molar-refractivity contribution in [3.05, 3.63) is 0 Å². The molecule has 0 aromatic heterocycles. The number of aliphatic hydroxyl groups is 2. The van der Waals surface area contributed by atoms with Gasteiger partial charge in [0.1, 0.15) is 6.29 Å². The zero-order valence-corrected chi connectivity index (χ0v) is 3.71. The summed E-state index contributed by atoms with van der Waals surface area (Å²) in [6.45, 7) is 1.28. The van der Waals surface area contributed by atoms with Gasteiger partial charge in [-0.3, -0.25) is 0 Å². The maximum absolute atomic E-state index is 7.61. The molecule has 5 heavy (non-hydrogen) atoms. The first-order valence-corrected chi connectivity index (χ1v) is 1.09. The zero-order valence-electron chi connectivity index (χ0n) is 2.77. The van der Waals surface area contributed by atoms with Crippen molar-refractivity contribution in [1.82, 2.24) is 0 Å². The Morgan fingerprint density at radius 3 is 1.40 bits per heavy atom. The Bertz CT molecular complexity index is 12.4. The quantitative estimate of drug-likeness (QED) is 0.333. The summed E-state index contributed by atoms with van der Waals surface area (Å²) in [4.78, 5) is 0. The van der Waals surface area contributed by atoms with E-state index in [0.717, 1.165) is 0 Å². The molecular formula is C2H6CuO2+2. The van der Waals surface area contributed by atoms with E-state index in [1.807, 2.05) is 0 Å². The maximum Gasteiger partial charge on any atom is 2.00 e. The summed E-state index contributed by atoms with van der Waals surface area (Å²) in [6, 6.07) is 0. The van der Waals surface area contributed by atoms with Crippen LogP contribution < -0.4 is 0 Å². The molecule has 0 heterocycles. The van der Waals surface area contributed by atoms with Gasteiger partial charge in [0.25, 0.3) is 0 Å². The van der Waals surface area contributed by atoms with Gasteiger partial charge in [-0.05, 0) is 6.92 Å². The Hall–Kier alpha value is 0.439. The number of hydrogen-bond acceptors (Lipinski definition) is 2. The van der Waals surface area contributed by atoms with Gasteiger partial charge in [0, 0.05) is 0 Å². The third kappa shape index (κ3) is 137. The normalized spacial score (nSPS) is 7.20. The van der Waals surface area contributed by atoms with Crippen molar-refractivity contribution >= 4 is 0 Å². The van der Waals surface area contributed by atoms with E-state index in [1.54, 1.807) is 0 Å². The molecule has 0 fully saturated rings. The van der Waals surface area contributed by atoms with Crippen LogP contribution in [0.3, 0.4) is 0 Å². The van der Waals surface area contributed by atoms with Crippen LogP contribution in [0.2, 0.25) is 0 Å². The van der Waals surface area contributed by atoms with Crippen LogP contribution in [0.15, 0.2) is 0 Å². The average Bonchev–Trinajstić information content (AvgIpc) is 0.811. The Balaban J connectivity index is 0. The first-order chi connectivity index (χ1) is 1.73. The minimum Gasteiger partial charge on any atom is -0.368 e. The van der Waals surface area contributed by atoms with Gasteiger partial charge in [-0.15, -0.1) is 0 Å². The number of rotatable bonds is 0. The molecule has 0 saturated carbocycles. The maximum atomic E-state index is 7.61. The Morgan fingerprint density at radius 1 is 1.40 bits per heavy atom. The second kappa shape index (κ2) is 4.44. The molecule has 3 heteroatoms. The molecule has 0 unspecified atom stereocenters. The van der Waals surface area contributed by atoms with Gasteiger partial charge in [-0.1, -0.05) is 0 Å². The van der Waals surface area contributed by atoms with E-state index in [1.165, 1.54) is 6.92 Å². The molecule has 0 bridgehead atoms. The zero-order chi connectivity index (χ0) is 3.58. The molecule has 0 spiro atoms. The Kier molecular flexibility index (Phi) is 8.05. The summed E-state index contributed by atoms with van der Waals surface area (Å²) in [5.74, 6) is 0. The van der Waals surface area contributed by atoms with Gasteiger partial charge in [-0.2, -0.15) is 0 Å². The third-order valence-corrected chi connectivity index (χ3v) is 0. The van der Waals surface area contributed by atoms with Crippen LogP contribution >= 0.6 is 0 Å². The summed E-state index contributed by atoms with van der Waals surface area (Å²) < 4.78 is 0. The van der Waals surface area contributed by atoms with Crippen molar-refractivity contribution in [2.24, 2.45) is 0 Å². The van der Waals surface area contributed by atoms with Crippen molar-refractivity contribution in [3.63, 3.8) is 0 Å². The monoisotopic (exact) mass is 125 g/mol. The molecule has 0 atom stereocenters. The van der Waals surface area contributed by atoms with Crippen molar-refractivity contribution in [1.29, 1.82) is 0 Å². The molecule has 0 amide bonds. The molecular weight excluding hydrogens is 120 g/mol. The molecule has 0 saturated heterocycles. The first-order valence-electron chi connectivity index (χ1n) is 1.09. The predicted octanol–water partition coefficient (Wildman–Crippen LogP) is -0.685. The topological polar surface area (TPSA) is 40.5 Å². The Labute approximate surface area is 41.3 Å². The summed E-state index contributed by atoms with van der Waals surface area (Å²) in [5, 5.41) is 15.2. The number of aliphatic hydroxyl groups excluding tert-OH is 1. The van der Waals surface area contributed by atoms with Crippen LogP contribution in [-0.2, 0) is 17.1 Å². The van der Waals surface area contributed by atoms with Gasteiger partial charge in [0.05, 0.1) is 0 Å². The van der Waals surface area contributed by atoms with E-state index >= 15 is 0 Å². The minimum absolute atomic E-state index is 0. The SMILES string of the molecule is CC(O)O.[Cu+2]. The van der Waals surface area contributed by atoms with Gasteiger partial charge < -0.3 is 10.2 Å². The fourth-order valence-electron chi connectivity index (χ4n) is 0. The second-order valence-corrected chi connectivity index (χ2v) is 0.632. The van der Waals surface area contributed by atoms with Crippen molar-refractivity contribution in [2.45, 2.75) is 13.2 Å². The smallest absolute Gasteiger partial charge is 0.368 e. The van der Waals surface area contributed by atoms with Crippen LogP contribution in [0, 0.1) is 0 Å². The fourth-order valence-corrected chi connectivity index (χ4v) is 0. The molecule has 0 aliphatic heterocycles. The van der Waals surface area contributed by atoms with Crippen LogP contribution in [0.1, 0.15) is 6.92 Å². The largest absolute Gasteiger partial charge is 2.00 e. The molecule has 0 rings (SSSR count). The van der Waals surface area contributed by atoms with E-state index in [-0.39, 0.29) is 17.1 Å². The van der Waals surface area contributed by atoms with E-state index in [2.05, 4.69) is 0 Å². The standard InChI is InChI=1S/C2H6O2.Cu/c1-2(3)4;/h2-4H,1H3;/q;+2. The van der Waals surface area contributed by atoms with Crippen molar-refractivity contribution < 1.29 is 27.3 Å². The Morgan fingerprint density at radius 2 is 1.40 bits per heavy atom. The van der Waals surface area contributed by atoms with Crippen LogP contribution in [-0.4, -0.2) is 16.5 Å². The fraction of sp³-hybridized carbons (Fsp3) is 1.00. The van der Waals surface area contributed by atoms with Gasteiger partial charge in [0.15, 0.2) is 0 Å². The third-order valence-electron chi connectivity index (χ3n) is 0. The van der Waals surface area contributed by atoms with Crippen molar-refractivity contribution in [2.75, 3.05) is 0 Å². The molecule has 0 aliphatic rings. The van der Waals surface area contributed by atoms with E-state index in [4.69, 9.17) is 10.2 Å². The first kappa shape index (κ1) is 9.06. The van der Waals surface area contributed by atoms with E-state index in [0.29, 0.717) is 0 Å². The molecule has 0 aliphatic carbocycles. The van der Waals surface area contributed by atoms with Gasteiger partial charge in [-0.25, -0.2) is 0 Å².